The van der Waals surface area contributed by atoms with Gasteiger partial charge in [-0.1, -0.05) is 87.5 Å². The summed E-state index contributed by atoms with van der Waals surface area (Å²) >= 11 is 0. The molecule has 50 heavy (non-hydrogen) atoms. The first-order valence-electron chi connectivity index (χ1n) is 16.7. The number of hydrogen-bond acceptors (Lipinski definition) is 7. The van der Waals surface area contributed by atoms with Crippen LogP contribution >= 0.6 is 0 Å². The number of rotatable bonds is 8. The van der Waals surface area contributed by atoms with Crippen molar-refractivity contribution in [2.75, 3.05) is 18.4 Å². The van der Waals surface area contributed by atoms with Crippen LogP contribution in [0.25, 0.3) is 10.8 Å². The summed E-state index contributed by atoms with van der Waals surface area (Å²) in [7, 11) is 0. The summed E-state index contributed by atoms with van der Waals surface area (Å²) in [5.74, 6) is -1.36. The maximum Gasteiger partial charge on any atom is 0.408 e. The highest BCUT2D eigenvalue weighted by atomic mass is 16.6. The lowest BCUT2D eigenvalue weighted by Crippen LogP contribution is -2.57. The van der Waals surface area contributed by atoms with Crippen LogP contribution in [0.5, 0.6) is 0 Å². The van der Waals surface area contributed by atoms with Crippen molar-refractivity contribution in [3.63, 3.8) is 0 Å². The SMILES string of the molecule is CC(C)(C)OC(=O)NC(C(=O)N1CCC2C1C(C(=O)Nc1cccc3ccccc13)=CN2C(=O)CNC(=O)OCc1ccccc1)C(C)(C)C. The average Bonchev–Trinajstić information content (AvgIpc) is 3.65. The smallest absolute Gasteiger partial charge is 0.408 e. The Bertz CT molecular complexity index is 1790. The molecule has 12 nitrogen and oxygen atoms in total. The van der Waals surface area contributed by atoms with Crippen LogP contribution in [0.1, 0.15) is 53.5 Å². The molecule has 2 aliphatic heterocycles. The molecule has 3 aromatic carbocycles. The van der Waals surface area contributed by atoms with Gasteiger partial charge >= 0.3 is 12.2 Å². The predicted molar refractivity (Wildman–Crippen MR) is 189 cm³/mol. The highest BCUT2D eigenvalue weighted by molar-refractivity contribution is 6.10. The van der Waals surface area contributed by atoms with Gasteiger partial charge in [0.1, 0.15) is 24.8 Å². The summed E-state index contributed by atoms with van der Waals surface area (Å²) in [5, 5.41) is 10.0. The summed E-state index contributed by atoms with van der Waals surface area (Å²) in [6, 6.07) is 20.0. The van der Waals surface area contributed by atoms with Crippen molar-refractivity contribution >= 4 is 46.4 Å². The fourth-order valence-corrected chi connectivity index (χ4v) is 6.24. The number of amides is 5. The van der Waals surface area contributed by atoms with Gasteiger partial charge < -0.3 is 35.2 Å². The number of carbonyl (C=O) groups is 5. The van der Waals surface area contributed by atoms with Gasteiger partial charge in [-0.25, -0.2) is 9.59 Å². The summed E-state index contributed by atoms with van der Waals surface area (Å²) in [6.45, 7) is 10.6. The van der Waals surface area contributed by atoms with Crippen LogP contribution in [0.4, 0.5) is 15.3 Å². The Morgan fingerprint density at radius 1 is 0.860 bits per heavy atom. The number of ether oxygens (including phenoxy) is 2. The van der Waals surface area contributed by atoms with Gasteiger partial charge in [0.2, 0.25) is 11.8 Å². The monoisotopic (exact) mass is 683 g/mol. The largest absolute Gasteiger partial charge is 0.445 e. The van der Waals surface area contributed by atoms with Crippen molar-refractivity contribution in [3.05, 3.63) is 90.1 Å². The minimum absolute atomic E-state index is 0.0387. The van der Waals surface area contributed by atoms with Gasteiger partial charge in [-0.05, 0) is 49.6 Å². The van der Waals surface area contributed by atoms with Crippen LogP contribution in [-0.4, -0.2) is 76.5 Å². The van der Waals surface area contributed by atoms with Crippen molar-refractivity contribution < 1.29 is 33.4 Å². The number of likely N-dealkylation sites (tertiary alicyclic amines) is 1. The van der Waals surface area contributed by atoms with Crippen molar-refractivity contribution in [2.45, 2.75) is 78.3 Å². The molecule has 12 heteroatoms. The van der Waals surface area contributed by atoms with E-state index in [2.05, 4.69) is 16.0 Å². The fourth-order valence-electron chi connectivity index (χ4n) is 6.24. The Hall–Kier alpha value is -5.39. The van der Waals surface area contributed by atoms with E-state index in [-0.39, 0.29) is 25.3 Å². The molecule has 2 aliphatic rings. The van der Waals surface area contributed by atoms with Crippen LogP contribution in [0.2, 0.25) is 0 Å². The molecule has 3 unspecified atom stereocenters. The predicted octanol–water partition coefficient (Wildman–Crippen LogP) is 5.34. The fraction of sp³-hybridized carbons (Fsp3) is 0.395. The first kappa shape index (κ1) is 35.9. The van der Waals surface area contributed by atoms with Crippen molar-refractivity contribution in [3.8, 4) is 0 Å². The van der Waals surface area contributed by atoms with Gasteiger partial charge in [0, 0.05) is 23.8 Å². The molecule has 3 N–H and O–H groups in total. The topological polar surface area (TPSA) is 146 Å². The zero-order chi connectivity index (χ0) is 36.2. The first-order chi connectivity index (χ1) is 23.6. The van der Waals surface area contributed by atoms with E-state index in [0.29, 0.717) is 12.1 Å². The van der Waals surface area contributed by atoms with Gasteiger partial charge in [0.25, 0.3) is 5.91 Å². The Balaban J connectivity index is 1.39. The second-order valence-electron chi connectivity index (χ2n) is 14.6. The van der Waals surface area contributed by atoms with Crippen LogP contribution in [0.15, 0.2) is 84.6 Å². The molecule has 3 atom stereocenters. The third-order valence-electron chi connectivity index (χ3n) is 8.56. The summed E-state index contributed by atoms with van der Waals surface area (Å²) < 4.78 is 10.7. The normalized spacial score (nSPS) is 17.8. The summed E-state index contributed by atoms with van der Waals surface area (Å²) in [6.07, 6.45) is 0.327. The Morgan fingerprint density at radius 2 is 1.54 bits per heavy atom. The van der Waals surface area contributed by atoms with E-state index in [1.165, 1.54) is 11.1 Å². The van der Waals surface area contributed by atoms with Gasteiger partial charge in [-0.2, -0.15) is 0 Å². The maximum atomic E-state index is 14.3. The quantitative estimate of drug-likeness (QED) is 0.291. The van der Waals surface area contributed by atoms with E-state index in [9.17, 15) is 24.0 Å². The number of nitrogens with one attached hydrogen (secondary N) is 3. The molecule has 0 bridgehead atoms. The molecule has 1 fully saturated rings. The Morgan fingerprint density at radius 3 is 2.24 bits per heavy atom. The lowest BCUT2D eigenvalue weighted by molar-refractivity contribution is -0.137. The van der Waals surface area contributed by atoms with Crippen LogP contribution in [0, 0.1) is 5.41 Å². The number of anilines is 1. The number of alkyl carbamates (subject to hydrolysis) is 2. The molecule has 1 saturated heterocycles. The molecular weight excluding hydrogens is 638 g/mol. The highest BCUT2D eigenvalue weighted by Gasteiger charge is 2.51. The van der Waals surface area contributed by atoms with Crippen molar-refractivity contribution in [1.82, 2.24) is 20.4 Å². The number of carbonyl (C=O) groups excluding carboxylic acids is 5. The molecule has 3 aromatic rings. The van der Waals surface area contributed by atoms with Crippen molar-refractivity contribution in [1.29, 1.82) is 0 Å². The number of benzene rings is 3. The molecule has 0 saturated carbocycles. The minimum Gasteiger partial charge on any atom is -0.445 e. The molecule has 0 spiro atoms. The van der Waals surface area contributed by atoms with E-state index >= 15 is 0 Å². The average molecular weight is 684 g/mol. The van der Waals surface area contributed by atoms with Gasteiger partial charge in [0.15, 0.2) is 0 Å². The molecule has 5 rings (SSSR count). The Kier molecular flexibility index (Phi) is 10.5. The third kappa shape index (κ3) is 8.42. The summed E-state index contributed by atoms with van der Waals surface area (Å²) in [5.41, 5.74) is 0.0795. The van der Waals surface area contributed by atoms with Gasteiger partial charge in [0.05, 0.1) is 17.7 Å². The maximum absolute atomic E-state index is 14.3. The number of fused-ring (bicyclic) bond motifs is 2. The molecule has 0 aliphatic carbocycles. The van der Waals surface area contributed by atoms with Crippen LogP contribution in [-0.2, 0) is 30.5 Å². The molecule has 264 valence electrons. The summed E-state index contributed by atoms with van der Waals surface area (Å²) in [4.78, 5) is 70.3. The molecule has 5 amide bonds. The second kappa shape index (κ2) is 14.6. The van der Waals surface area contributed by atoms with E-state index in [0.717, 1.165) is 16.3 Å². The van der Waals surface area contributed by atoms with Crippen molar-refractivity contribution in [2.24, 2.45) is 5.41 Å². The molecule has 2 heterocycles. The van der Waals surface area contributed by atoms with Gasteiger partial charge in [-0.3, -0.25) is 14.4 Å². The van der Waals surface area contributed by atoms with Gasteiger partial charge in [-0.15, -0.1) is 0 Å². The minimum atomic E-state index is -0.996. The Labute approximate surface area is 292 Å². The van der Waals surface area contributed by atoms with E-state index in [1.54, 1.807) is 31.7 Å². The third-order valence-corrected chi connectivity index (χ3v) is 8.56. The first-order valence-corrected chi connectivity index (χ1v) is 16.7. The van der Waals surface area contributed by atoms with Crippen LogP contribution < -0.4 is 16.0 Å². The van der Waals surface area contributed by atoms with E-state index < -0.39 is 59.0 Å². The molecule has 0 aromatic heterocycles. The lowest BCUT2D eigenvalue weighted by atomic mass is 9.85. The highest BCUT2D eigenvalue weighted by Crippen LogP contribution is 2.37. The second-order valence-corrected chi connectivity index (χ2v) is 14.6. The number of nitrogens with zero attached hydrogens (tertiary/aromatic N) is 2. The van der Waals surface area contributed by atoms with E-state index in [4.69, 9.17) is 9.47 Å². The standard InChI is InChI=1S/C38H45N5O7/c1-37(2,3)32(41-36(48)50-38(4,5)6)34(46)42-20-19-29-31(42)27(33(45)40-28-18-12-16-25-15-10-11-17-26(25)28)22-43(29)30(44)21-39-35(47)49-23-24-13-8-7-9-14-24/h7-18,22,29,31-32H,19-21,23H2,1-6H3,(H,39,47)(H,40,45)(H,41,48). The molecule has 0 radical (unpaired) electrons. The molecular formula is C38H45N5O7. The van der Waals surface area contributed by atoms with E-state index in [1.807, 2.05) is 87.5 Å². The zero-order valence-corrected chi connectivity index (χ0v) is 29.3. The van der Waals surface area contributed by atoms with Crippen LogP contribution in [0.3, 0.4) is 0 Å². The zero-order valence-electron chi connectivity index (χ0n) is 29.3. The number of hydrogen-bond donors (Lipinski definition) is 3. The lowest BCUT2D eigenvalue weighted by Gasteiger charge is -2.36.